The molecular weight excluding hydrogens is 782 g/mol. The van der Waals surface area contributed by atoms with Crippen molar-refractivity contribution < 1.29 is 63.9 Å². The molecule has 0 spiro atoms. The van der Waals surface area contributed by atoms with Crippen molar-refractivity contribution in [2.24, 2.45) is 0 Å². The molecule has 0 aromatic heterocycles. The summed E-state index contributed by atoms with van der Waals surface area (Å²) in [4.78, 5) is 24.9. The maximum atomic E-state index is 12.5. The van der Waals surface area contributed by atoms with Crippen LogP contribution in [0.3, 0.4) is 0 Å². The molecule has 23 heteroatoms. The molecule has 2 fully saturated rings. The van der Waals surface area contributed by atoms with Gasteiger partial charge in [0, 0.05) is 69.6 Å². The summed E-state index contributed by atoms with van der Waals surface area (Å²) in [7, 11) is 8.37. The molecule has 274 valence electrons. The van der Waals surface area contributed by atoms with Crippen LogP contribution < -0.4 is 0 Å². The van der Waals surface area contributed by atoms with E-state index in [-0.39, 0.29) is 38.0 Å². The van der Waals surface area contributed by atoms with E-state index in [1.807, 2.05) is 6.55 Å². The van der Waals surface area contributed by atoms with E-state index < -0.39 is 74.8 Å². The first-order chi connectivity index (χ1) is 22.1. The SMILES string of the molecule is C[Si](CCCC(=O)OC[C@H]1OC(C)(OP)C(OP)C1OP)O[Si](C)O[Si](C)(C)CCCC(=O)OC[C@H]1OC(C)(OP)C(OP)C1OP. The summed E-state index contributed by atoms with van der Waals surface area (Å²) in [6.45, 7) is 11.8. The van der Waals surface area contributed by atoms with Gasteiger partial charge in [-0.25, -0.2) is 0 Å². The van der Waals surface area contributed by atoms with Gasteiger partial charge in [0.2, 0.25) is 0 Å². The van der Waals surface area contributed by atoms with Crippen molar-refractivity contribution in [2.45, 2.75) is 126 Å². The number of hydrogen-bond donors (Lipinski definition) is 0. The zero-order valence-electron chi connectivity index (χ0n) is 27.8. The molecule has 2 heterocycles. The van der Waals surface area contributed by atoms with E-state index in [2.05, 4.69) is 76.4 Å². The van der Waals surface area contributed by atoms with Gasteiger partial charge in [-0.1, -0.05) is 0 Å². The maximum Gasteiger partial charge on any atom is 0.359 e. The predicted molar refractivity (Wildman–Crippen MR) is 199 cm³/mol. The van der Waals surface area contributed by atoms with E-state index in [1.54, 1.807) is 13.8 Å². The van der Waals surface area contributed by atoms with Crippen molar-refractivity contribution in [3.8, 4) is 0 Å². The van der Waals surface area contributed by atoms with Crippen LogP contribution in [0.4, 0.5) is 0 Å². The van der Waals surface area contributed by atoms with Crippen molar-refractivity contribution in [3.63, 3.8) is 0 Å². The molecule has 0 bridgehead atoms. The zero-order valence-corrected chi connectivity index (χ0v) is 37.7. The molecule has 2 aliphatic heterocycles. The summed E-state index contributed by atoms with van der Waals surface area (Å²) >= 11 is 0. The summed E-state index contributed by atoms with van der Waals surface area (Å²) in [5.41, 5.74) is 0. The first-order valence-corrected chi connectivity index (χ1v) is 24.9. The Kier molecular flexibility index (Phi) is 20.5. The van der Waals surface area contributed by atoms with Crippen molar-refractivity contribution in [2.75, 3.05) is 13.2 Å². The van der Waals surface area contributed by atoms with Gasteiger partial charge in [0.15, 0.2) is 28.9 Å². The molecule has 2 rings (SSSR count). The lowest BCUT2D eigenvalue weighted by Gasteiger charge is -2.28. The Morgan fingerprint density at radius 2 is 1.19 bits per heavy atom. The minimum Gasteiger partial charge on any atom is -0.463 e. The van der Waals surface area contributed by atoms with Crippen LogP contribution in [0.25, 0.3) is 0 Å². The molecule has 0 saturated carbocycles. The Balaban J connectivity index is 1.64. The Hall–Kier alpha value is 1.77. The molecule has 2 radical (unpaired) electrons. The van der Waals surface area contributed by atoms with Gasteiger partial charge < -0.3 is 54.3 Å². The highest BCUT2D eigenvalue weighted by atomic mass is 31.0. The number of hydrogen-bond acceptors (Lipinski definition) is 14. The first-order valence-electron chi connectivity index (χ1n) is 15.0. The fraction of sp³-hybridized carbons (Fsp3) is 0.917. The molecule has 12 unspecified atom stereocenters. The van der Waals surface area contributed by atoms with Crippen LogP contribution in [0.15, 0.2) is 0 Å². The predicted octanol–water partition coefficient (Wildman–Crippen LogP) is 4.16. The Morgan fingerprint density at radius 3 is 1.60 bits per heavy atom. The highest BCUT2D eigenvalue weighted by Gasteiger charge is 2.55. The third-order valence-electron chi connectivity index (χ3n) is 7.83. The van der Waals surface area contributed by atoms with Gasteiger partial charge in [-0.2, -0.15) is 0 Å². The van der Waals surface area contributed by atoms with E-state index in [9.17, 15) is 9.59 Å². The van der Waals surface area contributed by atoms with E-state index in [0.29, 0.717) is 12.8 Å². The van der Waals surface area contributed by atoms with Gasteiger partial charge in [0.25, 0.3) is 0 Å². The normalized spacial score (nSPS) is 31.2. The molecular formula is C24H52O14P6Si3. The van der Waals surface area contributed by atoms with Gasteiger partial charge in [0.1, 0.15) is 49.8 Å². The second-order valence-corrected chi connectivity index (χ2v) is 22.2. The van der Waals surface area contributed by atoms with Crippen LogP contribution in [0.1, 0.15) is 39.5 Å². The Morgan fingerprint density at radius 1 is 0.745 bits per heavy atom. The summed E-state index contributed by atoms with van der Waals surface area (Å²) in [5, 5.41) is 0. The molecule has 0 N–H and O–H groups in total. The molecule has 14 nitrogen and oxygen atoms in total. The summed E-state index contributed by atoms with van der Waals surface area (Å²) < 4.78 is 67.9. The number of carbonyl (C=O) groups is 2. The maximum absolute atomic E-state index is 12.5. The summed E-state index contributed by atoms with van der Waals surface area (Å²) in [6.07, 6.45) is -1.35. The average Bonchev–Trinajstić information content (AvgIpc) is 3.47. The molecule has 0 aromatic carbocycles. The van der Waals surface area contributed by atoms with Crippen LogP contribution >= 0.6 is 56.8 Å². The molecule has 2 aliphatic rings. The second kappa shape index (κ2) is 21.5. The molecule has 0 aromatic rings. The third-order valence-corrected chi connectivity index (χ3v) is 18.5. The number of esters is 2. The van der Waals surface area contributed by atoms with Gasteiger partial charge >= 0.3 is 21.2 Å². The molecule has 14 atom stereocenters. The zero-order chi connectivity index (χ0) is 35.4. The van der Waals surface area contributed by atoms with Crippen LogP contribution in [-0.2, 0) is 63.9 Å². The second-order valence-electron chi connectivity index (χ2n) is 12.1. The number of ether oxygens (including phenoxy) is 4. The Bertz CT molecular complexity index is 984. The summed E-state index contributed by atoms with van der Waals surface area (Å²) in [5.74, 6) is -2.77. The van der Waals surface area contributed by atoms with Crippen LogP contribution in [0, 0.1) is 0 Å². The van der Waals surface area contributed by atoms with Crippen molar-refractivity contribution >= 4 is 95.4 Å². The number of rotatable bonds is 22. The smallest absolute Gasteiger partial charge is 0.359 e. The lowest BCUT2D eigenvalue weighted by molar-refractivity contribution is -0.190. The third kappa shape index (κ3) is 13.6. The monoisotopic (exact) mass is 834 g/mol. The number of carbonyl (C=O) groups excluding carboxylic acids is 2. The molecule has 0 aliphatic carbocycles. The van der Waals surface area contributed by atoms with Crippen LogP contribution in [0.2, 0.25) is 38.3 Å². The standard InChI is InChI=1S/C24H52O14P6Si3/c1-23(35-43)21(33-41)19(31-39)15(29-23)13-27-17(25)9-7-11-45(3)37-46(4)38-47(5,6)12-8-10-18(26)28-14-16-20(32-40)22(34-42)24(2,30-16)36-44/h15-16,19-22H,7-14,39-44H2,1-6H3/t15-,16-,19?,20?,21?,22?,23?,24?/m1/s1. The van der Waals surface area contributed by atoms with Crippen molar-refractivity contribution in [1.82, 2.24) is 0 Å². The van der Waals surface area contributed by atoms with Crippen molar-refractivity contribution in [1.29, 1.82) is 0 Å². The van der Waals surface area contributed by atoms with E-state index in [4.69, 9.17) is 54.3 Å². The molecule has 0 amide bonds. The van der Waals surface area contributed by atoms with Gasteiger partial charge in [-0.15, -0.1) is 0 Å². The van der Waals surface area contributed by atoms with Gasteiger partial charge in [-0.3, -0.25) is 9.59 Å². The average molecular weight is 835 g/mol. The fourth-order valence-electron chi connectivity index (χ4n) is 5.42. The van der Waals surface area contributed by atoms with Crippen LogP contribution in [-0.4, -0.2) is 100.0 Å². The fourth-order valence-corrected chi connectivity index (χ4v) is 15.4. The van der Waals surface area contributed by atoms with Gasteiger partial charge in [-0.05, 0) is 65.0 Å². The van der Waals surface area contributed by atoms with Gasteiger partial charge in [0.05, 0.1) is 0 Å². The Labute approximate surface area is 297 Å². The first kappa shape index (κ1) is 44.9. The minimum absolute atomic E-state index is 0.0159. The van der Waals surface area contributed by atoms with E-state index in [1.165, 1.54) is 0 Å². The largest absolute Gasteiger partial charge is 0.463 e. The van der Waals surface area contributed by atoms with Crippen LogP contribution in [0.5, 0.6) is 0 Å². The molecule has 47 heavy (non-hydrogen) atoms. The highest BCUT2D eigenvalue weighted by molar-refractivity contribution is 7.11. The minimum atomic E-state index is -2.08. The lowest BCUT2D eigenvalue weighted by atomic mass is 10.1. The summed E-state index contributed by atoms with van der Waals surface area (Å²) in [6, 6.07) is 1.56. The quantitative estimate of drug-likeness (QED) is 0.0875. The molecule has 2 saturated heterocycles. The van der Waals surface area contributed by atoms with Crippen molar-refractivity contribution in [3.05, 3.63) is 0 Å². The topological polar surface area (TPSA) is 145 Å². The lowest BCUT2D eigenvalue weighted by Crippen LogP contribution is -2.41. The van der Waals surface area contributed by atoms with E-state index >= 15 is 0 Å². The highest BCUT2D eigenvalue weighted by Crippen LogP contribution is 2.40. The van der Waals surface area contributed by atoms with E-state index in [0.717, 1.165) is 12.1 Å².